The Labute approximate surface area is 195 Å². The summed E-state index contributed by atoms with van der Waals surface area (Å²) < 4.78 is 5.91. The van der Waals surface area contributed by atoms with Crippen LogP contribution in [-0.2, 0) is 4.79 Å². The second-order valence-electron chi connectivity index (χ2n) is 8.97. The molecule has 2 atom stereocenters. The smallest absolute Gasteiger partial charge is 0.255 e. The Morgan fingerprint density at radius 2 is 1.97 bits per heavy atom. The maximum atomic E-state index is 13.2. The zero-order valence-corrected chi connectivity index (χ0v) is 19.9. The Balaban J connectivity index is 1.62. The minimum absolute atomic E-state index is 0.0267. The van der Waals surface area contributed by atoms with Crippen LogP contribution in [0.3, 0.4) is 0 Å². The van der Waals surface area contributed by atoms with Gasteiger partial charge in [0.15, 0.2) is 5.78 Å². The van der Waals surface area contributed by atoms with E-state index >= 15 is 0 Å². The molecule has 4 rings (SSSR count). The Morgan fingerprint density at radius 3 is 2.66 bits per heavy atom. The summed E-state index contributed by atoms with van der Waals surface area (Å²) in [7, 11) is 0. The van der Waals surface area contributed by atoms with Crippen molar-refractivity contribution in [2.75, 3.05) is 13.2 Å². The monoisotopic (exact) mass is 450 g/mol. The van der Waals surface area contributed by atoms with E-state index in [0.717, 1.165) is 46.5 Å². The van der Waals surface area contributed by atoms with Gasteiger partial charge in [-0.3, -0.25) is 9.59 Å². The second kappa shape index (κ2) is 9.02. The van der Waals surface area contributed by atoms with Crippen molar-refractivity contribution < 1.29 is 14.3 Å². The standard InChI is InChI=1S/C26H30N2O3S/c1-5-11-27-23(32)14-31-22-10-9-17(12-16(22)4)18-7-6-8-19-24(18)20-13-21(29)25(15(2)3)28(20)26(19)30/h6-10,12,15,20,25H,5,11,13-14H2,1-4H3,(H,27,32). The largest absolute Gasteiger partial charge is 0.486 e. The molecule has 0 bridgehead atoms. The number of hydrogen-bond donors (Lipinski definition) is 1. The van der Waals surface area contributed by atoms with Crippen LogP contribution in [0.1, 0.15) is 61.1 Å². The molecule has 2 aliphatic heterocycles. The molecular weight excluding hydrogens is 420 g/mol. The first-order valence-corrected chi connectivity index (χ1v) is 11.7. The van der Waals surface area contributed by atoms with Gasteiger partial charge in [0.05, 0.1) is 12.1 Å². The molecule has 0 radical (unpaired) electrons. The number of Topliss-reactive ketones (excluding diaryl/α,β-unsaturated/α-hetero) is 1. The van der Waals surface area contributed by atoms with E-state index in [1.807, 2.05) is 56.0 Å². The Bertz CT molecular complexity index is 1080. The predicted octanol–water partition coefficient (Wildman–Crippen LogP) is 4.86. The van der Waals surface area contributed by atoms with Crippen LogP contribution in [0.2, 0.25) is 0 Å². The molecule has 168 valence electrons. The van der Waals surface area contributed by atoms with Gasteiger partial charge in [0.2, 0.25) is 0 Å². The van der Waals surface area contributed by atoms with Crippen molar-refractivity contribution in [2.24, 2.45) is 5.92 Å². The zero-order valence-electron chi connectivity index (χ0n) is 19.1. The zero-order chi connectivity index (χ0) is 23.0. The lowest BCUT2D eigenvalue weighted by atomic mass is 9.90. The van der Waals surface area contributed by atoms with E-state index in [-0.39, 0.29) is 29.7 Å². The lowest BCUT2D eigenvalue weighted by molar-refractivity contribution is -0.120. The molecule has 1 fully saturated rings. The van der Waals surface area contributed by atoms with E-state index in [4.69, 9.17) is 17.0 Å². The van der Waals surface area contributed by atoms with Gasteiger partial charge in [0.1, 0.15) is 17.3 Å². The highest BCUT2D eigenvalue weighted by atomic mass is 32.1. The number of carbonyl (C=O) groups is 2. The summed E-state index contributed by atoms with van der Waals surface area (Å²) in [5.41, 5.74) is 4.73. The lowest BCUT2D eigenvalue weighted by Gasteiger charge is -2.26. The van der Waals surface area contributed by atoms with Crippen LogP contribution in [0.15, 0.2) is 36.4 Å². The minimum Gasteiger partial charge on any atom is -0.486 e. The van der Waals surface area contributed by atoms with Crippen LogP contribution in [0.4, 0.5) is 0 Å². The number of benzene rings is 2. The SMILES string of the molecule is CCCNC(=S)COc1ccc(-c2cccc3c2C2CC(=O)C(C(C)C)N2C3=O)cc1C. The van der Waals surface area contributed by atoms with Crippen molar-refractivity contribution in [2.45, 2.75) is 52.6 Å². The van der Waals surface area contributed by atoms with Crippen molar-refractivity contribution in [3.05, 3.63) is 53.1 Å². The lowest BCUT2D eigenvalue weighted by Crippen LogP contribution is -2.39. The number of carbonyl (C=O) groups excluding carboxylic acids is 2. The third-order valence-corrected chi connectivity index (χ3v) is 6.57. The molecule has 0 aliphatic carbocycles. The second-order valence-corrected chi connectivity index (χ2v) is 9.47. The first kappa shape index (κ1) is 22.5. The Hall–Kier alpha value is -2.73. The predicted molar refractivity (Wildman–Crippen MR) is 130 cm³/mol. The molecule has 5 nitrogen and oxygen atoms in total. The normalized spacial score (nSPS) is 19.3. The van der Waals surface area contributed by atoms with Gasteiger partial charge in [-0.2, -0.15) is 0 Å². The fourth-order valence-electron chi connectivity index (χ4n) is 4.90. The van der Waals surface area contributed by atoms with Gasteiger partial charge in [-0.1, -0.05) is 51.2 Å². The van der Waals surface area contributed by atoms with Crippen LogP contribution in [0, 0.1) is 12.8 Å². The van der Waals surface area contributed by atoms with Gasteiger partial charge in [-0.25, -0.2) is 0 Å². The maximum absolute atomic E-state index is 13.2. The first-order chi connectivity index (χ1) is 15.3. The highest BCUT2D eigenvalue weighted by Crippen LogP contribution is 2.48. The quantitative estimate of drug-likeness (QED) is 0.611. The third-order valence-electron chi connectivity index (χ3n) is 6.31. The molecule has 0 aromatic heterocycles. The number of thiocarbonyl (C=S) groups is 1. The van der Waals surface area contributed by atoms with E-state index in [1.54, 1.807) is 0 Å². The number of nitrogens with one attached hydrogen (secondary N) is 1. The number of ether oxygens (including phenoxy) is 1. The first-order valence-electron chi connectivity index (χ1n) is 11.3. The molecule has 0 spiro atoms. The molecule has 2 heterocycles. The van der Waals surface area contributed by atoms with Crippen LogP contribution < -0.4 is 10.1 Å². The number of ketones is 1. The van der Waals surface area contributed by atoms with E-state index in [9.17, 15) is 9.59 Å². The Kier molecular flexibility index (Phi) is 6.33. The summed E-state index contributed by atoms with van der Waals surface area (Å²) in [5, 5.41) is 3.17. The topological polar surface area (TPSA) is 58.6 Å². The third kappa shape index (κ3) is 3.92. The number of hydrogen-bond acceptors (Lipinski definition) is 4. The van der Waals surface area contributed by atoms with Gasteiger partial charge < -0.3 is 15.0 Å². The molecule has 1 saturated heterocycles. The van der Waals surface area contributed by atoms with Crippen molar-refractivity contribution in [3.8, 4) is 16.9 Å². The average molecular weight is 451 g/mol. The molecule has 2 aromatic rings. The molecule has 0 saturated carbocycles. The van der Waals surface area contributed by atoms with Crippen molar-refractivity contribution in [3.63, 3.8) is 0 Å². The molecule has 1 amide bonds. The van der Waals surface area contributed by atoms with Crippen LogP contribution >= 0.6 is 12.2 Å². The summed E-state index contributed by atoms with van der Waals surface area (Å²) in [6.45, 7) is 9.31. The van der Waals surface area contributed by atoms with Gasteiger partial charge in [-0.15, -0.1) is 0 Å². The number of nitrogens with zero attached hydrogens (tertiary/aromatic N) is 1. The molecule has 2 aliphatic rings. The van der Waals surface area contributed by atoms with E-state index in [1.165, 1.54) is 0 Å². The highest BCUT2D eigenvalue weighted by molar-refractivity contribution is 7.80. The molecule has 32 heavy (non-hydrogen) atoms. The van der Waals surface area contributed by atoms with Crippen LogP contribution in [0.5, 0.6) is 5.75 Å². The van der Waals surface area contributed by atoms with Gasteiger partial charge in [0, 0.05) is 18.5 Å². The molecule has 1 N–H and O–H groups in total. The average Bonchev–Trinajstić information content (AvgIpc) is 3.24. The molecular formula is C26H30N2O3S. The summed E-state index contributed by atoms with van der Waals surface area (Å²) >= 11 is 5.31. The number of amides is 1. The molecule has 2 unspecified atom stereocenters. The van der Waals surface area contributed by atoms with Gasteiger partial charge in [0.25, 0.3) is 5.91 Å². The number of aryl methyl sites for hydroxylation is 1. The van der Waals surface area contributed by atoms with Crippen molar-refractivity contribution >= 4 is 28.9 Å². The van der Waals surface area contributed by atoms with Crippen molar-refractivity contribution in [1.82, 2.24) is 10.2 Å². The Morgan fingerprint density at radius 1 is 1.22 bits per heavy atom. The summed E-state index contributed by atoms with van der Waals surface area (Å²) in [4.78, 5) is 28.4. The van der Waals surface area contributed by atoms with Crippen LogP contribution in [-0.4, -0.2) is 40.8 Å². The summed E-state index contributed by atoms with van der Waals surface area (Å²) in [6, 6.07) is 11.4. The fraction of sp³-hybridized carbons (Fsp3) is 0.423. The molecule has 2 aromatic carbocycles. The maximum Gasteiger partial charge on any atom is 0.255 e. The van der Waals surface area contributed by atoms with E-state index in [0.29, 0.717) is 18.0 Å². The summed E-state index contributed by atoms with van der Waals surface area (Å²) in [5.74, 6) is 1.02. The summed E-state index contributed by atoms with van der Waals surface area (Å²) in [6.07, 6.45) is 1.40. The number of rotatable bonds is 7. The minimum atomic E-state index is -0.338. The van der Waals surface area contributed by atoms with Crippen LogP contribution in [0.25, 0.3) is 11.1 Å². The van der Waals surface area contributed by atoms with Crippen molar-refractivity contribution in [1.29, 1.82) is 0 Å². The van der Waals surface area contributed by atoms with E-state index < -0.39 is 0 Å². The fourth-order valence-corrected chi connectivity index (χ4v) is 5.06. The van der Waals surface area contributed by atoms with E-state index in [2.05, 4.69) is 18.3 Å². The number of fused-ring (bicyclic) bond motifs is 3. The van der Waals surface area contributed by atoms with Gasteiger partial charge in [-0.05, 0) is 59.7 Å². The highest BCUT2D eigenvalue weighted by Gasteiger charge is 2.51. The molecule has 6 heteroatoms. The van der Waals surface area contributed by atoms with Gasteiger partial charge >= 0.3 is 0 Å².